The Balaban J connectivity index is 2.40. The summed E-state index contributed by atoms with van der Waals surface area (Å²) in [5, 5.41) is 14.8. The van der Waals surface area contributed by atoms with Gasteiger partial charge in [-0.15, -0.1) is 0 Å². The van der Waals surface area contributed by atoms with Crippen LogP contribution in [0.15, 0.2) is 22.6 Å². The molecule has 0 atom stereocenters. The maximum Gasteiger partial charge on any atom is 0.171 e. The summed E-state index contributed by atoms with van der Waals surface area (Å²) in [4.78, 5) is 7.07. The van der Waals surface area contributed by atoms with Crippen molar-refractivity contribution in [3.63, 3.8) is 0 Å². The lowest BCUT2D eigenvalue weighted by Gasteiger charge is -1.98. The van der Waals surface area contributed by atoms with Gasteiger partial charge in [-0.25, -0.2) is 4.98 Å². The molecule has 1 N–H and O–H groups in total. The zero-order chi connectivity index (χ0) is 10.8. The first kappa shape index (κ1) is 9.80. The molecule has 2 aromatic rings. The van der Waals surface area contributed by atoms with Crippen molar-refractivity contribution in [2.24, 2.45) is 7.05 Å². The third kappa shape index (κ3) is 1.74. The second kappa shape index (κ2) is 3.79. The molecule has 0 aliphatic heterocycles. The van der Waals surface area contributed by atoms with Crippen molar-refractivity contribution in [1.82, 2.24) is 19.7 Å². The van der Waals surface area contributed by atoms with E-state index in [-0.39, 0.29) is 0 Å². The molecule has 6 heteroatoms. The number of aromatic amines is 1. The number of rotatable bonds is 2. The highest BCUT2D eigenvalue weighted by Gasteiger charge is 2.14. The van der Waals surface area contributed by atoms with E-state index >= 15 is 0 Å². The molecule has 0 saturated carbocycles. The fraction of sp³-hybridized carbons (Fsp3) is 0.222. The maximum atomic E-state index is 8.99. The lowest BCUT2D eigenvalue weighted by molar-refractivity contribution is 0.690. The number of nitriles is 1. The number of hydrogen-bond donors (Lipinski definition) is 1. The largest absolute Gasteiger partial charge is 0.339 e. The topological polar surface area (TPSA) is 70.3 Å². The molecule has 15 heavy (non-hydrogen) atoms. The summed E-state index contributed by atoms with van der Waals surface area (Å²) in [7, 11) is 1.82. The van der Waals surface area contributed by atoms with Crippen LogP contribution in [0.3, 0.4) is 0 Å². The van der Waals surface area contributed by atoms with Gasteiger partial charge >= 0.3 is 0 Å². The quantitative estimate of drug-likeness (QED) is 0.830. The Kier molecular flexibility index (Phi) is 2.47. The van der Waals surface area contributed by atoms with Gasteiger partial charge in [0.1, 0.15) is 16.7 Å². The van der Waals surface area contributed by atoms with Gasteiger partial charge in [-0.05, 0) is 18.7 Å². The standard InChI is InChI=1S/C9H9N5S/c1-6-7(5-10)8(14(2)13-6)15-9-11-3-4-12-9/h3-4H,1-2H3,(H,11,12). The van der Waals surface area contributed by atoms with Crippen molar-refractivity contribution >= 4 is 11.8 Å². The number of imidazole rings is 1. The van der Waals surface area contributed by atoms with Gasteiger partial charge in [0.2, 0.25) is 0 Å². The fourth-order valence-electron chi connectivity index (χ4n) is 1.28. The first-order chi connectivity index (χ1) is 7.22. The van der Waals surface area contributed by atoms with Crippen LogP contribution in [-0.4, -0.2) is 19.7 Å². The highest BCUT2D eigenvalue weighted by Crippen LogP contribution is 2.28. The first-order valence-corrected chi connectivity index (χ1v) is 5.15. The summed E-state index contributed by atoms with van der Waals surface area (Å²) < 4.78 is 1.70. The minimum absolute atomic E-state index is 0.610. The molecule has 0 radical (unpaired) electrons. The number of hydrogen-bond acceptors (Lipinski definition) is 4. The highest BCUT2D eigenvalue weighted by molar-refractivity contribution is 7.99. The zero-order valence-corrected chi connectivity index (χ0v) is 9.17. The van der Waals surface area contributed by atoms with E-state index in [2.05, 4.69) is 21.1 Å². The molecule has 0 spiro atoms. The Labute approximate surface area is 91.1 Å². The zero-order valence-electron chi connectivity index (χ0n) is 8.35. The summed E-state index contributed by atoms with van der Waals surface area (Å²) in [6.45, 7) is 1.82. The summed E-state index contributed by atoms with van der Waals surface area (Å²) in [5.41, 5.74) is 1.35. The van der Waals surface area contributed by atoms with Crippen LogP contribution in [0.2, 0.25) is 0 Å². The molecule has 0 fully saturated rings. The lowest BCUT2D eigenvalue weighted by atomic mass is 10.3. The second-order valence-electron chi connectivity index (χ2n) is 3.00. The second-order valence-corrected chi connectivity index (χ2v) is 3.97. The minimum atomic E-state index is 0.610. The van der Waals surface area contributed by atoms with E-state index in [0.717, 1.165) is 15.9 Å². The van der Waals surface area contributed by atoms with Crippen molar-refractivity contribution in [2.75, 3.05) is 0 Å². The van der Waals surface area contributed by atoms with Crippen LogP contribution in [0.4, 0.5) is 0 Å². The Hall–Kier alpha value is -1.74. The third-order valence-corrected chi connectivity index (χ3v) is 3.03. The van der Waals surface area contributed by atoms with Crippen molar-refractivity contribution in [3.05, 3.63) is 23.7 Å². The monoisotopic (exact) mass is 219 g/mol. The average molecular weight is 219 g/mol. The van der Waals surface area contributed by atoms with Gasteiger partial charge in [-0.2, -0.15) is 10.4 Å². The van der Waals surface area contributed by atoms with Gasteiger partial charge in [0, 0.05) is 19.4 Å². The van der Waals surface area contributed by atoms with E-state index in [0.29, 0.717) is 5.56 Å². The van der Waals surface area contributed by atoms with Crippen LogP contribution in [-0.2, 0) is 7.05 Å². The SMILES string of the molecule is Cc1nn(C)c(Sc2ncc[nH]2)c1C#N. The molecular weight excluding hydrogens is 210 g/mol. The van der Waals surface area contributed by atoms with Crippen molar-refractivity contribution < 1.29 is 0 Å². The van der Waals surface area contributed by atoms with Gasteiger partial charge < -0.3 is 4.98 Å². The minimum Gasteiger partial charge on any atom is -0.339 e. The molecule has 0 aliphatic rings. The number of H-pyrrole nitrogens is 1. The van der Waals surface area contributed by atoms with E-state index in [4.69, 9.17) is 5.26 Å². The van der Waals surface area contributed by atoms with Crippen LogP contribution >= 0.6 is 11.8 Å². The molecular formula is C9H9N5S. The van der Waals surface area contributed by atoms with Crippen molar-refractivity contribution in [2.45, 2.75) is 17.1 Å². The highest BCUT2D eigenvalue weighted by atomic mass is 32.2. The molecule has 0 aliphatic carbocycles. The number of aromatic nitrogens is 4. The molecule has 2 heterocycles. The molecule has 0 bridgehead atoms. The number of aryl methyl sites for hydroxylation is 2. The van der Waals surface area contributed by atoms with Crippen LogP contribution in [0.5, 0.6) is 0 Å². The van der Waals surface area contributed by atoms with Gasteiger partial charge in [-0.3, -0.25) is 4.68 Å². The summed E-state index contributed by atoms with van der Waals surface area (Å²) in [6.07, 6.45) is 3.43. The maximum absolute atomic E-state index is 8.99. The number of nitrogens with one attached hydrogen (secondary N) is 1. The molecule has 0 unspecified atom stereocenters. The lowest BCUT2D eigenvalue weighted by Crippen LogP contribution is -1.93. The Morgan fingerprint density at radius 3 is 3.00 bits per heavy atom. The number of nitrogens with zero attached hydrogens (tertiary/aromatic N) is 4. The average Bonchev–Trinajstić information content (AvgIpc) is 2.77. The Bertz CT molecular complexity index is 505. The smallest absolute Gasteiger partial charge is 0.171 e. The van der Waals surface area contributed by atoms with Crippen molar-refractivity contribution in [3.8, 4) is 6.07 Å². The third-order valence-electron chi connectivity index (χ3n) is 1.95. The van der Waals surface area contributed by atoms with E-state index in [1.54, 1.807) is 17.1 Å². The molecule has 0 saturated heterocycles. The van der Waals surface area contributed by atoms with Gasteiger partial charge in [-0.1, -0.05) is 0 Å². The summed E-state index contributed by atoms with van der Waals surface area (Å²) >= 11 is 1.40. The van der Waals surface area contributed by atoms with E-state index in [1.807, 2.05) is 14.0 Å². The van der Waals surface area contributed by atoms with Gasteiger partial charge in [0.15, 0.2) is 5.16 Å². The van der Waals surface area contributed by atoms with E-state index in [9.17, 15) is 0 Å². The van der Waals surface area contributed by atoms with Crippen LogP contribution < -0.4 is 0 Å². The van der Waals surface area contributed by atoms with Crippen LogP contribution in [0, 0.1) is 18.3 Å². The Morgan fingerprint density at radius 1 is 1.60 bits per heavy atom. The van der Waals surface area contributed by atoms with Crippen LogP contribution in [0.1, 0.15) is 11.3 Å². The summed E-state index contributed by atoms with van der Waals surface area (Å²) in [5.74, 6) is 0. The molecule has 2 rings (SSSR count). The molecule has 76 valence electrons. The van der Waals surface area contributed by atoms with Gasteiger partial charge in [0.25, 0.3) is 0 Å². The summed E-state index contributed by atoms with van der Waals surface area (Å²) in [6, 6.07) is 2.15. The molecule has 0 amide bonds. The predicted molar refractivity (Wildman–Crippen MR) is 55.4 cm³/mol. The fourth-order valence-corrected chi connectivity index (χ4v) is 2.17. The van der Waals surface area contributed by atoms with E-state index in [1.165, 1.54) is 11.8 Å². The molecule has 0 aromatic carbocycles. The van der Waals surface area contributed by atoms with Crippen LogP contribution in [0.25, 0.3) is 0 Å². The van der Waals surface area contributed by atoms with E-state index < -0.39 is 0 Å². The first-order valence-electron chi connectivity index (χ1n) is 4.33. The van der Waals surface area contributed by atoms with Gasteiger partial charge in [0.05, 0.1) is 5.69 Å². The molecule has 5 nitrogen and oxygen atoms in total. The Morgan fingerprint density at radius 2 is 2.40 bits per heavy atom. The normalized spacial score (nSPS) is 10.2. The van der Waals surface area contributed by atoms with Crippen molar-refractivity contribution in [1.29, 1.82) is 5.26 Å². The molecule has 2 aromatic heterocycles. The predicted octanol–water partition coefficient (Wildman–Crippen LogP) is 1.47.